The van der Waals surface area contributed by atoms with Gasteiger partial charge in [0.05, 0.1) is 41.2 Å². The number of benzene rings is 1. The molecule has 0 aliphatic carbocycles. The number of rotatable bonds is 6. The van der Waals surface area contributed by atoms with Gasteiger partial charge in [-0.3, -0.25) is 0 Å². The zero-order chi connectivity index (χ0) is 27.7. The number of thiazole rings is 1. The van der Waals surface area contributed by atoms with E-state index in [9.17, 15) is 22.4 Å². The SMILES string of the molecule is COC(c1ccc(F)cc1)c1c(NC(=O)Nc2cnc(-n3nccn3)c(C(F)(F)F)c2)cnc2sc(C)nc12. The van der Waals surface area contributed by atoms with Crippen molar-refractivity contribution in [1.82, 2.24) is 29.9 Å². The second-order valence-corrected chi connectivity index (χ2v) is 9.31. The van der Waals surface area contributed by atoms with Crippen LogP contribution in [0.1, 0.15) is 27.8 Å². The van der Waals surface area contributed by atoms with Gasteiger partial charge in [0.15, 0.2) is 5.82 Å². The van der Waals surface area contributed by atoms with E-state index in [0.29, 0.717) is 26.5 Å². The van der Waals surface area contributed by atoms with E-state index >= 15 is 0 Å². The number of nitrogens with one attached hydrogen (secondary N) is 2. The van der Waals surface area contributed by atoms with Gasteiger partial charge in [-0.2, -0.15) is 23.4 Å². The van der Waals surface area contributed by atoms with Crippen LogP contribution in [-0.4, -0.2) is 43.1 Å². The van der Waals surface area contributed by atoms with E-state index in [2.05, 4.69) is 35.8 Å². The summed E-state index contributed by atoms with van der Waals surface area (Å²) in [5, 5.41) is 13.1. The molecule has 0 fully saturated rings. The van der Waals surface area contributed by atoms with Gasteiger partial charge >= 0.3 is 12.2 Å². The predicted molar refractivity (Wildman–Crippen MR) is 134 cm³/mol. The Kier molecular flexibility index (Phi) is 6.93. The largest absolute Gasteiger partial charge is 0.420 e. The number of alkyl halides is 3. The zero-order valence-electron chi connectivity index (χ0n) is 20.2. The molecular weight excluding hydrogens is 540 g/mol. The van der Waals surface area contributed by atoms with Crippen LogP contribution in [0, 0.1) is 12.7 Å². The van der Waals surface area contributed by atoms with Crippen LogP contribution in [0.5, 0.6) is 0 Å². The topological polar surface area (TPSA) is 120 Å². The first-order chi connectivity index (χ1) is 18.6. The normalized spacial score (nSPS) is 12.5. The zero-order valence-corrected chi connectivity index (χ0v) is 21.0. The van der Waals surface area contributed by atoms with Crippen molar-refractivity contribution in [2.24, 2.45) is 0 Å². The third-order valence-corrected chi connectivity index (χ3v) is 6.41. The molecule has 4 aromatic heterocycles. The number of urea groups is 1. The number of fused-ring (bicyclic) bond motifs is 1. The second-order valence-electron chi connectivity index (χ2n) is 8.13. The lowest BCUT2D eigenvalue weighted by molar-refractivity contribution is -0.137. The maximum Gasteiger partial charge on any atom is 0.420 e. The smallest absolute Gasteiger partial charge is 0.372 e. The Hall–Kier alpha value is -4.50. The highest BCUT2D eigenvalue weighted by Gasteiger charge is 2.36. The number of hydrogen-bond donors (Lipinski definition) is 2. The number of ether oxygens (including phenoxy) is 1. The van der Waals surface area contributed by atoms with Crippen molar-refractivity contribution in [2.75, 3.05) is 17.7 Å². The summed E-state index contributed by atoms with van der Waals surface area (Å²) in [6, 6.07) is 5.50. The van der Waals surface area contributed by atoms with Crippen LogP contribution in [0.15, 0.2) is 55.1 Å². The highest BCUT2D eigenvalue weighted by Crippen LogP contribution is 2.38. The Bertz CT molecular complexity index is 1640. The van der Waals surface area contributed by atoms with Gasteiger partial charge in [0.2, 0.25) is 0 Å². The van der Waals surface area contributed by atoms with E-state index in [1.54, 1.807) is 19.1 Å². The second kappa shape index (κ2) is 10.3. The molecule has 1 unspecified atom stereocenters. The molecule has 2 N–H and O–H groups in total. The first kappa shape index (κ1) is 26.1. The summed E-state index contributed by atoms with van der Waals surface area (Å²) >= 11 is 1.33. The molecule has 10 nitrogen and oxygen atoms in total. The number of amides is 2. The summed E-state index contributed by atoms with van der Waals surface area (Å²) in [4.78, 5) is 26.9. The van der Waals surface area contributed by atoms with Crippen LogP contribution in [0.25, 0.3) is 16.2 Å². The van der Waals surface area contributed by atoms with Gasteiger partial charge in [0, 0.05) is 12.7 Å². The molecule has 0 aliphatic rings. The molecule has 1 aromatic carbocycles. The highest BCUT2D eigenvalue weighted by atomic mass is 32.1. The fraction of sp³-hybridized carbons (Fsp3) is 0.167. The molecule has 1 atom stereocenters. The number of halogens is 4. The number of aromatic nitrogens is 6. The van der Waals surface area contributed by atoms with Gasteiger partial charge in [-0.05, 0) is 30.7 Å². The molecule has 5 rings (SSSR count). The third kappa shape index (κ3) is 5.39. The Labute approximate surface area is 221 Å². The van der Waals surface area contributed by atoms with Crippen molar-refractivity contribution < 1.29 is 27.1 Å². The fourth-order valence-electron chi connectivity index (χ4n) is 3.93. The number of carbonyl (C=O) groups is 1. The molecule has 39 heavy (non-hydrogen) atoms. The molecular formula is C24H18F4N8O2S. The van der Waals surface area contributed by atoms with E-state index in [0.717, 1.165) is 17.1 Å². The Morgan fingerprint density at radius 1 is 1.08 bits per heavy atom. The molecule has 0 aliphatic heterocycles. The highest BCUT2D eigenvalue weighted by molar-refractivity contribution is 7.18. The quantitative estimate of drug-likeness (QED) is 0.264. The number of hydrogen-bond acceptors (Lipinski definition) is 8. The van der Waals surface area contributed by atoms with Crippen LogP contribution in [0.4, 0.5) is 33.7 Å². The van der Waals surface area contributed by atoms with Crippen LogP contribution < -0.4 is 10.6 Å². The fourth-order valence-corrected chi connectivity index (χ4v) is 4.70. The summed E-state index contributed by atoms with van der Waals surface area (Å²) in [7, 11) is 1.45. The minimum atomic E-state index is -4.80. The van der Waals surface area contributed by atoms with E-state index in [1.165, 1.54) is 49.2 Å². The van der Waals surface area contributed by atoms with Crippen molar-refractivity contribution in [3.63, 3.8) is 0 Å². The van der Waals surface area contributed by atoms with Gasteiger partial charge in [0.25, 0.3) is 0 Å². The van der Waals surface area contributed by atoms with Crippen molar-refractivity contribution in [2.45, 2.75) is 19.2 Å². The number of anilines is 2. The average Bonchev–Trinajstić information content (AvgIpc) is 3.55. The molecule has 2 amide bonds. The summed E-state index contributed by atoms with van der Waals surface area (Å²) < 4.78 is 60.5. The average molecular weight is 559 g/mol. The third-order valence-electron chi connectivity index (χ3n) is 5.53. The summed E-state index contributed by atoms with van der Waals surface area (Å²) in [5.41, 5.74) is 0.322. The molecule has 5 aromatic rings. The number of pyridine rings is 2. The van der Waals surface area contributed by atoms with Crippen molar-refractivity contribution in [1.29, 1.82) is 0 Å². The first-order valence-corrected chi connectivity index (χ1v) is 12.0. The minimum Gasteiger partial charge on any atom is -0.372 e. The van der Waals surface area contributed by atoms with Crippen LogP contribution in [0.3, 0.4) is 0 Å². The number of methoxy groups -OCH3 is 1. The molecule has 4 heterocycles. The Balaban J connectivity index is 1.49. The maximum absolute atomic E-state index is 13.7. The first-order valence-electron chi connectivity index (χ1n) is 11.2. The molecule has 0 bridgehead atoms. The minimum absolute atomic E-state index is 0.197. The van der Waals surface area contributed by atoms with Gasteiger partial charge in [0.1, 0.15) is 27.8 Å². The summed E-state index contributed by atoms with van der Waals surface area (Å²) in [6.45, 7) is 1.79. The van der Waals surface area contributed by atoms with Gasteiger partial charge < -0.3 is 15.4 Å². The van der Waals surface area contributed by atoms with E-state index in [-0.39, 0.29) is 11.4 Å². The Morgan fingerprint density at radius 3 is 2.46 bits per heavy atom. The van der Waals surface area contributed by atoms with Crippen molar-refractivity contribution in [3.8, 4) is 5.82 Å². The lowest BCUT2D eigenvalue weighted by atomic mass is 10.00. The maximum atomic E-state index is 13.7. The predicted octanol–water partition coefficient (Wildman–Crippen LogP) is 5.51. The molecule has 0 saturated carbocycles. The molecule has 0 spiro atoms. The van der Waals surface area contributed by atoms with Crippen LogP contribution in [-0.2, 0) is 10.9 Å². The number of aryl methyl sites for hydroxylation is 1. The lowest BCUT2D eigenvalue weighted by Gasteiger charge is -2.20. The number of carbonyl (C=O) groups excluding carboxylic acids is 1. The van der Waals surface area contributed by atoms with Crippen molar-refractivity contribution in [3.05, 3.63) is 82.6 Å². The van der Waals surface area contributed by atoms with Crippen LogP contribution in [0.2, 0.25) is 0 Å². The molecule has 200 valence electrons. The van der Waals surface area contributed by atoms with Gasteiger partial charge in [-0.15, -0.1) is 4.80 Å². The summed E-state index contributed by atoms with van der Waals surface area (Å²) in [6.07, 6.45) is -0.686. The monoisotopic (exact) mass is 558 g/mol. The van der Waals surface area contributed by atoms with Crippen molar-refractivity contribution >= 4 is 39.1 Å². The molecule has 0 saturated heterocycles. The van der Waals surface area contributed by atoms with E-state index in [1.807, 2.05) is 0 Å². The summed E-state index contributed by atoms with van der Waals surface area (Å²) in [5.74, 6) is -0.978. The Morgan fingerprint density at radius 2 is 1.79 bits per heavy atom. The molecule has 15 heteroatoms. The van der Waals surface area contributed by atoms with Crippen LogP contribution >= 0.6 is 11.3 Å². The standard InChI is InChI=1S/C24H18F4N8O2S/c1-12-33-19-18(20(38-2)13-3-5-14(25)6-4-13)17(11-30-22(19)39-12)35-23(37)34-15-9-16(24(26,27)28)21(29-10-15)36-31-7-8-32-36/h3-11,20H,1-2H3,(H2,34,35,37). The van der Waals surface area contributed by atoms with Gasteiger partial charge in [-0.1, -0.05) is 23.5 Å². The van der Waals surface area contributed by atoms with E-state index in [4.69, 9.17) is 4.74 Å². The number of nitrogens with zero attached hydrogens (tertiary/aromatic N) is 6. The molecule has 0 radical (unpaired) electrons. The lowest BCUT2D eigenvalue weighted by Crippen LogP contribution is -2.22. The van der Waals surface area contributed by atoms with Gasteiger partial charge in [-0.25, -0.2) is 24.1 Å². The van der Waals surface area contributed by atoms with E-state index < -0.39 is 35.5 Å².